The lowest BCUT2D eigenvalue weighted by atomic mass is 10.2. The van der Waals surface area contributed by atoms with Crippen LogP contribution in [0.25, 0.3) is 6.08 Å². The van der Waals surface area contributed by atoms with Crippen molar-refractivity contribution in [2.75, 3.05) is 0 Å². The number of rotatable bonds is 4. The molecule has 0 saturated heterocycles. The Morgan fingerprint density at radius 2 is 1.33 bits per heavy atom. The second-order valence-electron chi connectivity index (χ2n) is 3.77. The van der Waals surface area contributed by atoms with E-state index < -0.39 is 0 Å². The molecule has 0 bridgehead atoms. The van der Waals surface area contributed by atoms with Crippen molar-refractivity contribution in [3.05, 3.63) is 84.5 Å². The van der Waals surface area contributed by atoms with Gasteiger partial charge in [0, 0.05) is 6.21 Å². The fourth-order valence-corrected chi connectivity index (χ4v) is 1.49. The number of benzene rings is 2. The van der Waals surface area contributed by atoms with Gasteiger partial charge in [-0.1, -0.05) is 66.8 Å². The smallest absolute Gasteiger partial charge is 0.0629 e. The molecule has 0 aromatic heterocycles. The Labute approximate surface area is 108 Å². The third-order valence-corrected chi connectivity index (χ3v) is 2.38. The highest BCUT2D eigenvalue weighted by Crippen LogP contribution is 2.08. The molecule has 88 valence electrons. The van der Waals surface area contributed by atoms with Crippen molar-refractivity contribution in [2.24, 2.45) is 4.99 Å². The van der Waals surface area contributed by atoms with E-state index >= 15 is 0 Å². The van der Waals surface area contributed by atoms with Crippen molar-refractivity contribution in [3.63, 3.8) is 0 Å². The minimum atomic E-state index is 0.967. The SMILES string of the molecule is C(/C=C/C=C/c1ccccc1)=Nc1ccccc1. The summed E-state index contributed by atoms with van der Waals surface area (Å²) in [6, 6.07) is 20.1. The highest BCUT2D eigenvalue weighted by Gasteiger charge is 1.81. The lowest BCUT2D eigenvalue weighted by Crippen LogP contribution is -1.67. The van der Waals surface area contributed by atoms with Crippen LogP contribution >= 0.6 is 0 Å². The molecule has 0 aliphatic heterocycles. The van der Waals surface area contributed by atoms with Crippen LogP contribution in [-0.2, 0) is 0 Å². The normalized spacial score (nSPS) is 11.8. The molecule has 2 aromatic rings. The van der Waals surface area contributed by atoms with Gasteiger partial charge in [-0.2, -0.15) is 0 Å². The van der Waals surface area contributed by atoms with Crippen molar-refractivity contribution in [3.8, 4) is 0 Å². The Morgan fingerprint density at radius 3 is 2.06 bits per heavy atom. The van der Waals surface area contributed by atoms with Gasteiger partial charge >= 0.3 is 0 Å². The average Bonchev–Trinajstić information content (AvgIpc) is 2.45. The molecular weight excluding hydrogens is 218 g/mol. The van der Waals surface area contributed by atoms with Gasteiger partial charge in [0.1, 0.15) is 0 Å². The van der Waals surface area contributed by atoms with Crippen LogP contribution < -0.4 is 0 Å². The van der Waals surface area contributed by atoms with Crippen LogP contribution in [0.4, 0.5) is 5.69 Å². The summed E-state index contributed by atoms with van der Waals surface area (Å²) in [7, 11) is 0. The van der Waals surface area contributed by atoms with Crippen molar-refractivity contribution in [2.45, 2.75) is 0 Å². The summed E-state index contributed by atoms with van der Waals surface area (Å²) in [5, 5.41) is 0. The molecule has 0 N–H and O–H groups in total. The Kier molecular flexibility index (Phi) is 4.70. The highest BCUT2D eigenvalue weighted by atomic mass is 14.7. The summed E-state index contributed by atoms with van der Waals surface area (Å²) in [5.74, 6) is 0. The minimum absolute atomic E-state index is 0.967. The van der Waals surface area contributed by atoms with E-state index in [2.05, 4.69) is 23.2 Å². The lowest BCUT2D eigenvalue weighted by Gasteiger charge is -1.89. The second-order valence-corrected chi connectivity index (χ2v) is 3.77. The van der Waals surface area contributed by atoms with Gasteiger partial charge in [0.15, 0.2) is 0 Å². The quantitative estimate of drug-likeness (QED) is 0.538. The van der Waals surface area contributed by atoms with Gasteiger partial charge in [0.25, 0.3) is 0 Å². The molecule has 0 heterocycles. The van der Waals surface area contributed by atoms with Gasteiger partial charge in [-0.05, 0) is 23.8 Å². The first-order valence-electron chi connectivity index (χ1n) is 5.93. The maximum Gasteiger partial charge on any atom is 0.0629 e. The van der Waals surface area contributed by atoms with Crippen LogP contribution in [-0.4, -0.2) is 6.21 Å². The number of allylic oxidation sites excluding steroid dienone is 3. The third-order valence-electron chi connectivity index (χ3n) is 2.38. The van der Waals surface area contributed by atoms with Crippen molar-refractivity contribution in [1.29, 1.82) is 0 Å². The Balaban J connectivity index is 1.86. The first-order chi connectivity index (χ1) is 8.95. The molecule has 0 amide bonds. The van der Waals surface area contributed by atoms with Crippen LogP contribution in [0.5, 0.6) is 0 Å². The van der Waals surface area contributed by atoms with E-state index in [1.807, 2.05) is 66.8 Å². The predicted octanol–water partition coefficient (Wildman–Crippen LogP) is 4.66. The van der Waals surface area contributed by atoms with Gasteiger partial charge in [-0.3, -0.25) is 4.99 Å². The topological polar surface area (TPSA) is 12.4 Å². The highest BCUT2D eigenvalue weighted by molar-refractivity contribution is 5.75. The fourth-order valence-electron chi connectivity index (χ4n) is 1.49. The van der Waals surface area contributed by atoms with E-state index in [9.17, 15) is 0 Å². The van der Waals surface area contributed by atoms with Gasteiger partial charge in [-0.25, -0.2) is 0 Å². The van der Waals surface area contributed by atoms with E-state index in [1.54, 1.807) is 6.21 Å². The van der Waals surface area contributed by atoms with Crippen molar-refractivity contribution >= 4 is 18.0 Å². The number of nitrogens with zero attached hydrogens (tertiary/aromatic N) is 1. The third kappa shape index (κ3) is 4.22. The van der Waals surface area contributed by atoms with Gasteiger partial charge < -0.3 is 0 Å². The molecule has 2 rings (SSSR count). The van der Waals surface area contributed by atoms with E-state index in [-0.39, 0.29) is 0 Å². The molecule has 0 atom stereocenters. The van der Waals surface area contributed by atoms with E-state index in [0.29, 0.717) is 0 Å². The first-order valence-corrected chi connectivity index (χ1v) is 5.93. The molecule has 0 spiro atoms. The number of hydrogen-bond acceptors (Lipinski definition) is 1. The second kappa shape index (κ2) is 7.02. The van der Waals surface area contributed by atoms with E-state index in [1.165, 1.54) is 5.56 Å². The zero-order chi connectivity index (χ0) is 12.5. The molecule has 0 aliphatic carbocycles. The maximum absolute atomic E-state index is 4.31. The molecule has 0 saturated carbocycles. The molecule has 18 heavy (non-hydrogen) atoms. The van der Waals surface area contributed by atoms with Crippen LogP contribution in [0.2, 0.25) is 0 Å². The van der Waals surface area contributed by atoms with Crippen LogP contribution in [0.15, 0.2) is 83.9 Å². The molecule has 0 aliphatic rings. The lowest BCUT2D eigenvalue weighted by molar-refractivity contribution is 1.54. The summed E-state index contributed by atoms with van der Waals surface area (Å²) < 4.78 is 0. The Morgan fingerprint density at radius 1 is 0.667 bits per heavy atom. The zero-order valence-electron chi connectivity index (χ0n) is 10.1. The van der Waals surface area contributed by atoms with Crippen LogP contribution in [0.3, 0.4) is 0 Å². The summed E-state index contributed by atoms with van der Waals surface area (Å²) in [4.78, 5) is 4.31. The summed E-state index contributed by atoms with van der Waals surface area (Å²) in [5.41, 5.74) is 2.16. The number of hydrogen-bond donors (Lipinski definition) is 0. The monoisotopic (exact) mass is 233 g/mol. The Bertz CT molecular complexity index is 485. The zero-order valence-corrected chi connectivity index (χ0v) is 10.1. The summed E-state index contributed by atoms with van der Waals surface area (Å²) in [6.45, 7) is 0. The number of aliphatic imine (C=N–C) groups is 1. The van der Waals surface area contributed by atoms with E-state index in [0.717, 1.165) is 5.69 Å². The van der Waals surface area contributed by atoms with Crippen molar-refractivity contribution < 1.29 is 0 Å². The van der Waals surface area contributed by atoms with Crippen LogP contribution in [0, 0.1) is 0 Å². The van der Waals surface area contributed by atoms with Crippen LogP contribution in [0.1, 0.15) is 5.56 Å². The molecule has 1 nitrogen and oxygen atoms in total. The molecular formula is C17H15N. The van der Waals surface area contributed by atoms with E-state index in [4.69, 9.17) is 0 Å². The number of para-hydroxylation sites is 1. The average molecular weight is 233 g/mol. The molecule has 0 unspecified atom stereocenters. The molecule has 2 aromatic carbocycles. The van der Waals surface area contributed by atoms with Gasteiger partial charge in [0.05, 0.1) is 5.69 Å². The fraction of sp³-hybridized carbons (Fsp3) is 0. The Hall–Kier alpha value is -2.41. The molecule has 0 radical (unpaired) electrons. The predicted molar refractivity (Wildman–Crippen MR) is 79.2 cm³/mol. The summed E-state index contributed by atoms with van der Waals surface area (Å²) in [6.07, 6.45) is 9.76. The van der Waals surface area contributed by atoms with Crippen molar-refractivity contribution in [1.82, 2.24) is 0 Å². The standard InChI is InChI=1S/C17H15N/c1-4-10-16(11-5-1)12-6-3-9-15-18-17-13-7-2-8-14-17/h1-15H/b9-3+,12-6+,18-15?. The largest absolute Gasteiger partial charge is 0.257 e. The molecule has 0 fully saturated rings. The maximum atomic E-state index is 4.31. The minimum Gasteiger partial charge on any atom is -0.257 e. The first kappa shape index (κ1) is 12.1. The molecule has 1 heteroatoms. The van der Waals surface area contributed by atoms with Gasteiger partial charge in [0.2, 0.25) is 0 Å². The summed E-state index contributed by atoms with van der Waals surface area (Å²) >= 11 is 0. The van der Waals surface area contributed by atoms with Gasteiger partial charge in [-0.15, -0.1) is 0 Å².